The van der Waals surface area contributed by atoms with Crippen molar-refractivity contribution in [3.05, 3.63) is 40.4 Å². The van der Waals surface area contributed by atoms with Crippen molar-refractivity contribution in [2.75, 3.05) is 0 Å². The van der Waals surface area contributed by atoms with Crippen LogP contribution in [-0.2, 0) is 0 Å². The molecule has 12 heavy (non-hydrogen) atoms. The normalized spacial score (nSPS) is 10.9. The lowest BCUT2D eigenvalue weighted by molar-refractivity contribution is 1.23. The molecule has 0 saturated carbocycles. The number of hydrogen-bond acceptors (Lipinski definition) is 0. The molecule has 0 amide bonds. The van der Waals surface area contributed by atoms with Gasteiger partial charge in [-0.2, -0.15) is 0 Å². The molecule has 0 radical (unpaired) electrons. The molecule has 0 spiro atoms. The Hall–Kier alpha value is -0.750. The number of benzene rings is 1. The second-order valence-electron chi connectivity index (χ2n) is 2.76. The molecule has 1 aromatic carbocycles. The van der Waals surface area contributed by atoms with E-state index in [0.29, 0.717) is 0 Å². The average Bonchev–Trinajstić information content (AvgIpc) is 2.08. The molecule has 0 aliphatic rings. The molecule has 0 aromatic heterocycles. The number of halogens is 1. The van der Waals surface area contributed by atoms with Gasteiger partial charge in [0.25, 0.3) is 0 Å². The molecule has 0 bridgehead atoms. The van der Waals surface area contributed by atoms with Crippen LogP contribution in [-0.4, -0.2) is 0 Å². The molecule has 0 unspecified atom stereocenters. The van der Waals surface area contributed by atoms with E-state index in [1.54, 1.807) is 0 Å². The van der Waals surface area contributed by atoms with Gasteiger partial charge in [-0.3, -0.25) is 0 Å². The number of allylic oxidation sites excluding steroid dienone is 1. The van der Waals surface area contributed by atoms with Gasteiger partial charge in [0, 0.05) is 5.02 Å². The van der Waals surface area contributed by atoms with Gasteiger partial charge in [0.2, 0.25) is 0 Å². The second kappa shape index (κ2) is 4.32. The van der Waals surface area contributed by atoms with Gasteiger partial charge in [-0.25, -0.2) is 0 Å². The Balaban J connectivity index is 3.00. The van der Waals surface area contributed by atoms with E-state index in [1.807, 2.05) is 19.1 Å². The van der Waals surface area contributed by atoms with Crippen LogP contribution < -0.4 is 0 Å². The maximum Gasteiger partial charge on any atom is 0.0441 e. The highest BCUT2D eigenvalue weighted by molar-refractivity contribution is 6.31. The van der Waals surface area contributed by atoms with E-state index in [1.165, 1.54) is 5.56 Å². The summed E-state index contributed by atoms with van der Waals surface area (Å²) in [6.07, 6.45) is 5.31. The molecule has 0 nitrogen and oxygen atoms in total. The third-order valence-electron chi connectivity index (χ3n) is 1.84. The lowest BCUT2D eigenvalue weighted by atomic mass is 10.1. The highest BCUT2D eigenvalue weighted by atomic mass is 35.5. The predicted molar refractivity (Wildman–Crippen MR) is 55.5 cm³/mol. The Morgan fingerprint density at radius 3 is 2.83 bits per heavy atom. The minimum atomic E-state index is 0.841. The topological polar surface area (TPSA) is 0 Å². The third kappa shape index (κ3) is 2.12. The lowest BCUT2D eigenvalue weighted by Crippen LogP contribution is -1.80. The maximum absolute atomic E-state index is 5.96. The average molecular weight is 181 g/mol. The summed E-state index contributed by atoms with van der Waals surface area (Å²) in [6, 6.07) is 5.97. The monoisotopic (exact) mass is 180 g/mol. The summed E-state index contributed by atoms with van der Waals surface area (Å²) >= 11 is 5.96. The number of hydrogen-bond donors (Lipinski definition) is 0. The van der Waals surface area contributed by atoms with E-state index in [0.717, 1.165) is 17.0 Å². The fourth-order valence-electron chi connectivity index (χ4n) is 1.05. The molecule has 0 aliphatic carbocycles. The summed E-state index contributed by atoms with van der Waals surface area (Å²) in [5.74, 6) is 0. The first-order valence-corrected chi connectivity index (χ1v) is 4.55. The van der Waals surface area contributed by atoms with Crippen molar-refractivity contribution in [3.63, 3.8) is 0 Å². The number of rotatable bonds is 2. The van der Waals surface area contributed by atoms with Crippen LogP contribution >= 0.6 is 11.6 Å². The summed E-state index contributed by atoms with van der Waals surface area (Å²) in [7, 11) is 0. The van der Waals surface area contributed by atoms with E-state index < -0.39 is 0 Å². The standard InChI is InChI=1S/C11H13Cl/c1-3-4-6-10-7-5-8-11(12)9(10)2/h4-8H,3H2,1-2H3. The highest BCUT2D eigenvalue weighted by Crippen LogP contribution is 2.19. The first kappa shape index (κ1) is 9.34. The van der Waals surface area contributed by atoms with Gasteiger partial charge in [0.15, 0.2) is 0 Å². The Kier molecular flexibility index (Phi) is 3.36. The van der Waals surface area contributed by atoms with Crippen LogP contribution in [0.4, 0.5) is 0 Å². The molecular weight excluding hydrogens is 168 g/mol. The van der Waals surface area contributed by atoms with Gasteiger partial charge >= 0.3 is 0 Å². The molecule has 0 N–H and O–H groups in total. The minimum absolute atomic E-state index is 0.841. The summed E-state index contributed by atoms with van der Waals surface area (Å²) in [5, 5.41) is 0.841. The van der Waals surface area contributed by atoms with Gasteiger partial charge in [0.1, 0.15) is 0 Å². The van der Waals surface area contributed by atoms with Crippen molar-refractivity contribution in [1.29, 1.82) is 0 Å². The van der Waals surface area contributed by atoms with Crippen molar-refractivity contribution in [2.45, 2.75) is 20.3 Å². The summed E-state index contributed by atoms with van der Waals surface area (Å²) in [4.78, 5) is 0. The van der Waals surface area contributed by atoms with E-state index in [2.05, 4.69) is 25.1 Å². The Labute approximate surface area is 78.9 Å². The van der Waals surface area contributed by atoms with Crippen LogP contribution in [0.5, 0.6) is 0 Å². The zero-order chi connectivity index (χ0) is 8.97. The summed E-state index contributed by atoms with van der Waals surface area (Å²) in [5.41, 5.74) is 2.37. The van der Waals surface area contributed by atoms with Gasteiger partial charge in [0.05, 0.1) is 0 Å². The lowest BCUT2D eigenvalue weighted by Gasteiger charge is -2.01. The van der Waals surface area contributed by atoms with E-state index >= 15 is 0 Å². The summed E-state index contributed by atoms with van der Waals surface area (Å²) in [6.45, 7) is 4.16. The summed E-state index contributed by atoms with van der Waals surface area (Å²) < 4.78 is 0. The van der Waals surface area contributed by atoms with Crippen molar-refractivity contribution < 1.29 is 0 Å². The second-order valence-corrected chi connectivity index (χ2v) is 3.17. The van der Waals surface area contributed by atoms with Crippen LogP contribution in [0.15, 0.2) is 24.3 Å². The molecule has 1 rings (SSSR count). The van der Waals surface area contributed by atoms with Crippen LogP contribution in [0.25, 0.3) is 6.08 Å². The Bertz CT molecular complexity index is 287. The molecule has 0 heterocycles. The highest BCUT2D eigenvalue weighted by Gasteiger charge is 1.96. The fourth-order valence-corrected chi connectivity index (χ4v) is 1.23. The smallest absolute Gasteiger partial charge is 0.0441 e. The van der Waals surface area contributed by atoms with Gasteiger partial charge in [-0.05, 0) is 30.5 Å². The zero-order valence-corrected chi connectivity index (χ0v) is 8.23. The molecule has 64 valence electrons. The molecule has 0 atom stereocenters. The van der Waals surface area contributed by atoms with Crippen molar-refractivity contribution >= 4 is 17.7 Å². The predicted octanol–water partition coefficient (Wildman–Crippen LogP) is 4.07. The first-order valence-electron chi connectivity index (χ1n) is 4.17. The third-order valence-corrected chi connectivity index (χ3v) is 2.25. The largest absolute Gasteiger partial charge is 0.0842 e. The maximum atomic E-state index is 5.96. The van der Waals surface area contributed by atoms with Crippen LogP contribution in [0.1, 0.15) is 24.5 Å². The Morgan fingerprint density at radius 2 is 2.17 bits per heavy atom. The molecule has 1 aromatic rings. The van der Waals surface area contributed by atoms with E-state index in [9.17, 15) is 0 Å². The van der Waals surface area contributed by atoms with E-state index in [-0.39, 0.29) is 0 Å². The molecule has 0 aliphatic heterocycles. The quantitative estimate of drug-likeness (QED) is 0.644. The van der Waals surface area contributed by atoms with E-state index in [4.69, 9.17) is 11.6 Å². The molecular formula is C11H13Cl. The van der Waals surface area contributed by atoms with Crippen molar-refractivity contribution in [2.24, 2.45) is 0 Å². The van der Waals surface area contributed by atoms with Crippen molar-refractivity contribution in [3.8, 4) is 0 Å². The van der Waals surface area contributed by atoms with Crippen LogP contribution in [0.3, 0.4) is 0 Å². The van der Waals surface area contributed by atoms with Crippen molar-refractivity contribution in [1.82, 2.24) is 0 Å². The molecule has 1 heteroatoms. The molecule has 0 saturated heterocycles. The van der Waals surface area contributed by atoms with Crippen LogP contribution in [0.2, 0.25) is 5.02 Å². The SMILES string of the molecule is CCC=Cc1cccc(Cl)c1C. The fraction of sp³-hybridized carbons (Fsp3) is 0.273. The van der Waals surface area contributed by atoms with Gasteiger partial charge < -0.3 is 0 Å². The first-order chi connectivity index (χ1) is 5.75. The van der Waals surface area contributed by atoms with Gasteiger partial charge in [-0.15, -0.1) is 0 Å². The molecule has 0 fully saturated rings. The minimum Gasteiger partial charge on any atom is -0.0842 e. The van der Waals surface area contributed by atoms with Crippen LogP contribution in [0, 0.1) is 6.92 Å². The zero-order valence-electron chi connectivity index (χ0n) is 7.47. The van der Waals surface area contributed by atoms with Gasteiger partial charge in [-0.1, -0.05) is 42.8 Å². The Morgan fingerprint density at radius 1 is 1.42 bits per heavy atom.